The summed E-state index contributed by atoms with van der Waals surface area (Å²) in [5.41, 5.74) is 0.242. The van der Waals surface area contributed by atoms with Crippen molar-refractivity contribution < 1.29 is 23.1 Å². The molecule has 1 aromatic heterocycles. The zero-order chi connectivity index (χ0) is 17.1. The molecule has 2 aromatic rings. The highest BCUT2D eigenvalue weighted by Crippen LogP contribution is 2.30. The molecule has 1 aliphatic rings. The van der Waals surface area contributed by atoms with Crippen molar-refractivity contribution in [1.29, 1.82) is 0 Å². The Bertz CT molecular complexity index is 732. The Kier molecular flexibility index (Phi) is 4.61. The second-order valence-corrected chi connectivity index (χ2v) is 5.50. The van der Waals surface area contributed by atoms with Gasteiger partial charge in [0.25, 0.3) is 5.91 Å². The van der Waals surface area contributed by atoms with Crippen LogP contribution >= 0.6 is 0 Å². The number of nitrogens with one attached hydrogen (secondary N) is 1. The number of carbonyl (C=O) groups is 2. The molecule has 0 aliphatic carbocycles. The summed E-state index contributed by atoms with van der Waals surface area (Å²) in [5, 5.41) is 2.69. The predicted octanol–water partition coefficient (Wildman–Crippen LogP) is 1.63. The number of hydrogen-bond donors (Lipinski definition) is 1. The number of furan rings is 1. The van der Waals surface area contributed by atoms with Gasteiger partial charge >= 0.3 is 0 Å². The first kappa shape index (κ1) is 16.2. The minimum Gasteiger partial charge on any atom is -0.467 e. The third-order valence-electron chi connectivity index (χ3n) is 3.98. The van der Waals surface area contributed by atoms with Crippen molar-refractivity contribution >= 4 is 11.8 Å². The van der Waals surface area contributed by atoms with E-state index in [9.17, 15) is 14.0 Å². The SMILES string of the molecule is CN1C(=O)CO[C@@H](C(=O)NCc2ccco2)[C@@H]1c1ccccc1F. The van der Waals surface area contributed by atoms with E-state index < -0.39 is 23.9 Å². The van der Waals surface area contributed by atoms with E-state index in [2.05, 4.69) is 5.32 Å². The highest BCUT2D eigenvalue weighted by Gasteiger charge is 2.41. The number of ether oxygens (including phenoxy) is 1. The van der Waals surface area contributed by atoms with Crippen molar-refractivity contribution in [3.05, 3.63) is 59.8 Å². The van der Waals surface area contributed by atoms with Crippen LogP contribution in [-0.2, 0) is 20.9 Å². The van der Waals surface area contributed by atoms with Crippen LogP contribution in [0, 0.1) is 5.82 Å². The molecule has 7 heteroatoms. The van der Waals surface area contributed by atoms with Gasteiger partial charge in [-0.25, -0.2) is 4.39 Å². The van der Waals surface area contributed by atoms with Crippen molar-refractivity contribution in [2.75, 3.05) is 13.7 Å². The quantitative estimate of drug-likeness (QED) is 0.924. The molecule has 0 saturated carbocycles. The number of amides is 2. The largest absolute Gasteiger partial charge is 0.467 e. The number of benzene rings is 1. The van der Waals surface area contributed by atoms with Crippen molar-refractivity contribution in [3.8, 4) is 0 Å². The lowest BCUT2D eigenvalue weighted by Gasteiger charge is -2.38. The zero-order valence-electron chi connectivity index (χ0n) is 13.1. The van der Waals surface area contributed by atoms with Crippen molar-refractivity contribution in [1.82, 2.24) is 10.2 Å². The fourth-order valence-corrected chi connectivity index (χ4v) is 2.71. The van der Waals surface area contributed by atoms with E-state index in [0.29, 0.717) is 5.76 Å². The summed E-state index contributed by atoms with van der Waals surface area (Å²) in [7, 11) is 1.54. The molecule has 0 bridgehead atoms. The van der Waals surface area contributed by atoms with Crippen molar-refractivity contribution in [3.63, 3.8) is 0 Å². The molecule has 2 amide bonds. The number of likely N-dealkylation sites (N-methyl/N-ethyl adjacent to an activating group) is 1. The lowest BCUT2D eigenvalue weighted by atomic mass is 9.97. The Labute approximate surface area is 138 Å². The Morgan fingerprint density at radius 2 is 2.12 bits per heavy atom. The van der Waals surface area contributed by atoms with E-state index in [1.54, 1.807) is 30.3 Å². The molecule has 0 spiro atoms. The maximum absolute atomic E-state index is 14.2. The number of rotatable bonds is 4. The molecule has 2 heterocycles. The molecule has 1 saturated heterocycles. The van der Waals surface area contributed by atoms with Crippen molar-refractivity contribution in [2.45, 2.75) is 18.7 Å². The van der Waals surface area contributed by atoms with Gasteiger partial charge in [-0.3, -0.25) is 9.59 Å². The van der Waals surface area contributed by atoms with Gasteiger partial charge < -0.3 is 19.4 Å². The molecule has 1 aliphatic heterocycles. The van der Waals surface area contributed by atoms with Gasteiger partial charge in [0.15, 0.2) is 6.10 Å². The Hall–Kier alpha value is -2.67. The molecule has 6 nitrogen and oxygen atoms in total. The average molecular weight is 332 g/mol. The molecule has 1 N–H and O–H groups in total. The summed E-state index contributed by atoms with van der Waals surface area (Å²) < 4.78 is 24.8. The van der Waals surface area contributed by atoms with Gasteiger partial charge in [0.05, 0.1) is 18.8 Å². The third kappa shape index (κ3) is 3.16. The van der Waals surface area contributed by atoms with Crippen LogP contribution in [0.4, 0.5) is 4.39 Å². The van der Waals surface area contributed by atoms with Crippen LogP contribution < -0.4 is 5.32 Å². The molecular formula is C17H17FN2O4. The van der Waals surface area contributed by atoms with E-state index in [0.717, 1.165) is 0 Å². The second kappa shape index (κ2) is 6.84. The highest BCUT2D eigenvalue weighted by atomic mass is 19.1. The van der Waals surface area contributed by atoms with Crippen LogP contribution in [0.3, 0.4) is 0 Å². The van der Waals surface area contributed by atoms with Crippen LogP contribution in [0.5, 0.6) is 0 Å². The van der Waals surface area contributed by atoms with E-state index >= 15 is 0 Å². The average Bonchev–Trinajstić information content (AvgIpc) is 3.09. The molecular weight excluding hydrogens is 315 g/mol. The smallest absolute Gasteiger partial charge is 0.252 e. The first-order valence-electron chi connectivity index (χ1n) is 7.49. The molecule has 24 heavy (non-hydrogen) atoms. The second-order valence-electron chi connectivity index (χ2n) is 5.50. The number of carbonyl (C=O) groups excluding carboxylic acids is 2. The summed E-state index contributed by atoms with van der Waals surface area (Å²) in [6.45, 7) is -0.0341. The molecule has 0 unspecified atom stereocenters. The van der Waals surface area contributed by atoms with Crippen LogP contribution in [0.15, 0.2) is 47.1 Å². The number of hydrogen-bond acceptors (Lipinski definition) is 4. The van der Waals surface area contributed by atoms with Gasteiger partial charge in [-0.15, -0.1) is 0 Å². The number of halogens is 1. The molecule has 2 atom stereocenters. The van der Waals surface area contributed by atoms with Gasteiger partial charge in [-0.1, -0.05) is 18.2 Å². The fourth-order valence-electron chi connectivity index (χ4n) is 2.71. The van der Waals surface area contributed by atoms with E-state index in [-0.39, 0.29) is 24.6 Å². The Morgan fingerprint density at radius 1 is 1.33 bits per heavy atom. The maximum Gasteiger partial charge on any atom is 0.252 e. The van der Waals surface area contributed by atoms with Crippen LogP contribution in [0.2, 0.25) is 0 Å². The van der Waals surface area contributed by atoms with E-state index in [4.69, 9.17) is 9.15 Å². The minimum absolute atomic E-state index is 0.188. The topological polar surface area (TPSA) is 71.8 Å². The van der Waals surface area contributed by atoms with Gasteiger partial charge in [-0.05, 0) is 18.2 Å². The fraction of sp³-hybridized carbons (Fsp3) is 0.294. The van der Waals surface area contributed by atoms with E-state index in [1.807, 2.05) is 0 Å². The number of nitrogens with zero attached hydrogens (tertiary/aromatic N) is 1. The normalized spacial score (nSPS) is 20.9. The summed E-state index contributed by atoms with van der Waals surface area (Å²) in [4.78, 5) is 25.8. The molecule has 126 valence electrons. The third-order valence-corrected chi connectivity index (χ3v) is 3.98. The lowest BCUT2D eigenvalue weighted by molar-refractivity contribution is -0.162. The predicted molar refractivity (Wildman–Crippen MR) is 82.2 cm³/mol. The zero-order valence-corrected chi connectivity index (χ0v) is 13.1. The van der Waals surface area contributed by atoms with Gasteiger partial charge in [0.1, 0.15) is 18.2 Å². The standard InChI is InChI=1S/C17H17FN2O4/c1-20-14(21)10-24-16(15(20)12-6-2-3-7-13(12)18)17(22)19-9-11-5-4-8-23-11/h2-8,15-16H,9-10H2,1H3,(H,19,22)/t15-,16+/m0/s1. The Morgan fingerprint density at radius 3 is 2.83 bits per heavy atom. The number of morpholine rings is 1. The van der Waals surface area contributed by atoms with Crippen LogP contribution in [0.25, 0.3) is 0 Å². The van der Waals surface area contributed by atoms with Gasteiger partial charge in [0.2, 0.25) is 5.91 Å². The van der Waals surface area contributed by atoms with E-state index in [1.165, 1.54) is 24.3 Å². The maximum atomic E-state index is 14.2. The summed E-state index contributed by atoms with van der Waals surface area (Å²) in [6.07, 6.45) is 0.507. The molecule has 3 rings (SSSR count). The highest BCUT2D eigenvalue weighted by molar-refractivity contribution is 5.86. The first-order chi connectivity index (χ1) is 11.6. The molecule has 1 fully saturated rings. The minimum atomic E-state index is -1.00. The van der Waals surface area contributed by atoms with Gasteiger partial charge in [0, 0.05) is 12.6 Å². The monoisotopic (exact) mass is 332 g/mol. The van der Waals surface area contributed by atoms with Crippen molar-refractivity contribution in [2.24, 2.45) is 0 Å². The van der Waals surface area contributed by atoms with Gasteiger partial charge in [-0.2, -0.15) is 0 Å². The first-order valence-corrected chi connectivity index (χ1v) is 7.49. The summed E-state index contributed by atoms with van der Waals surface area (Å²) >= 11 is 0. The molecule has 1 aromatic carbocycles. The van der Waals surface area contributed by atoms with Crippen LogP contribution in [-0.4, -0.2) is 36.5 Å². The lowest BCUT2D eigenvalue weighted by Crippen LogP contribution is -2.53. The summed E-state index contributed by atoms with van der Waals surface area (Å²) in [6, 6.07) is 8.66. The van der Waals surface area contributed by atoms with Crippen LogP contribution in [0.1, 0.15) is 17.4 Å². The molecule has 0 radical (unpaired) electrons. The Balaban J connectivity index is 1.82. The summed E-state index contributed by atoms with van der Waals surface area (Å²) in [5.74, 6) is -0.639.